The molecule has 1 unspecified atom stereocenters. The fraction of sp³-hybridized carbons (Fsp3) is 0.615. The van der Waals surface area contributed by atoms with Crippen LogP contribution in [0.25, 0.3) is 0 Å². The zero-order chi connectivity index (χ0) is 12.3. The second kappa shape index (κ2) is 5.36. The van der Waals surface area contributed by atoms with E-state index in [1.807, 2.05) is 19.3 Å². The third-order valence-electron chi connectivity index (χ3n) is 3.57. The van der Waals surface area contributed by atoms with Gasteiger partial charge in [0.15, 0.2) is 5.82 Å². The highest BCUT2D eigenvalue weighted by Gasteiger charge is 2.28. The molecule has 4 nitrogen and oxygen atoms in total. The van der Waals surface area contributed by atoms with Gasteiger partial charge in [-0.2, -0.15) is 0 Å². The van der Waals surface area contributed by atoms with Crippen molar-refractivity contribution in [3.05, 3.63) is 18.3 Å². The molecular formula is C13H22N4. The maximum Gasteiger partial charge on any atom is 0.152 e. The highest BCUT2D eigenvalue weighted by atomic mass is 15.4. The first kappa shape index (κ1) is 12.2. The molecule has 1 aromatic rings. The molecule has 1 aromatic heterocycles. The van der Waals surface area contributed by atoms with E-state index in [2.05, 4.69) is 40.1 Å². The SMILES string of the molecule is CCN1CCCC1N(C)c1ncccc1NC. The Labute approximate surface area is 104 Å². The minimum Gasteiger partial charge on any atom is -0.385 e. The molecule has 2 heterocycles. The number of hydrogen-bond acceptors (Lipinski definition) is 4. The molecule has 94 valence electrons. The van der Waals surface area contributed by atoms with Gasteiger partial charge in [0.2, 0.25) is 0 Å². The van der Waals surface area contributed by atoms with Gasteiger partial charge in [0.05, 0.1) is 11.9 Å². The number of anilines is 2. The molecular weight excluding hydrogens is 212 g/mol. The van der Waals surface area contributed by atoms with Crippen molar-refractivity contribution in [2.24, 2.45) is 0 Å². The van der Waals surface area contributed by atoms with Crippen LogP contribution in [0.15, 0.2) is 18.3 Å². The predicted molar refractivity (Wildman–Crippen MR) is 72.5 cm³/mol. The molecule has 1 aliphatic rings. The third-order valence-corrected chi connectivity index (χ3v) is 3.57. The van der Waals surface area contributed by atoms with Crippen molar-refractivity contribution >= 4 is 11.5 Å². The lowest BCUT2D eigenvalue weighted by molar-refractivity contribution is 0.264. The Hall–Kier alpha value is -1.29. The van der Waals surface area contributed by atoms with E-state index in [1.165, 1.54) is 19.4 Å². The summed E-state index contributed by atoms with van der Waals surface area (Å²) in [5.74, 6) is 1.04. The first-order chi connectivity index (χ1) is 8.27. The Morgan fingerprint density at radius 2 is 2.41 bits per heavy atom. The molecule has 0 aromatic carbocycles. The minimum atomic E-state index is 0.488. The van der Waals surface area contributed by atoms with Gasteiger partial charge < -0.3 is 10.2 Å². The predicted octanol–water partition coefficient (Wildman–Crippen LogP) is 2.00. The topological polar surface area (TPSA) is 31.4 Å². The summed E-state index contributed by atoms with van der Waals surface area (Å²) < 4.78 is 0. The van der Waals surface area contributed by atoms with Gasteiger partial charge in [0.1, 0.15) is 0 Å². The fourth-order valence-electron chi connectivity index (χ4n) is 2.63. The Bertz CT molecular complexity index is 366. The third kappa shape index (κ3) is 2.36. The molecule has 1 atom stereocenters. The second-order valence-electron chi connectivity index (χ2n) is 4.49. The molecule has 4 heteroatoms. The molecule has 1 saturated heterocycles. The summed E-state index contributed by atoms with van der Waals surface area (Å²) >= 11 is 0. The molecule has 0 aliphatic carbocycles. The number of hydrogen-bond donors (Lipinski definition) is 1. The molecule has 2 rings (SSSR count). The lowest BCUT2D eigenvalue weighted by Crippen LogP contribution is -2.43. The molecule has 0 amide bonds. The van der Waals surface area contributed by atoms with Gasteiger partial charge in [0.25, 0.3) is 0 Å². The fourth-order valence-corrected chi connectivity index (χ4v) is 2.63. The first-order valence-corrected chi connectivity index (χ1v) is 6.37. The summed E-state index contributed by atoms with van der Waals surface area (Å²) in [6.45, 7) is 4.54. The van der Waals surface area contributed by atoms with Gasteiger partial charge in [-0.3, -0.25) is 4.90 Å². The van der Waals surface area contributed by atoms with Crippen LogP contribution in [0.3, 0.4) is 0 Å². The van der Waals surface area contributed by atoms with Gasteiger partial charge >= 0.3 is 0 Å². The zero-order valence-corrected chi connectivity index (χ0v) is 11.0. The summed E-state index contributed by atoms with van der Waals surface area (Å²) in [5.41, 5.74) is 1.10. The van der Waals surface area contributed by atoms with Crippen molar-refractivity contribution in [3.63, 3.8) is 0 Å². The normalized spacial score (nSPS) is 20.5. The quantitative estimate of drug-likeness (QED) is 0.863. The van der Waals surface area contributed by atoms with E-state index in [0.717, 1.165) is 18.1 Å². The number of nitrogens with one attached hydrogen (secondary N) is 1. The molecule has 0 bridgehead atoms. The molecule has 1 fully saturated rings. The average molecular weight is 234 g/mol. The molecule has 1 N–H and O–H groups in total. The number of rotatable bonds is 4. The monoisotopic (exact) mass is 234 g/mol. The Morgan fingerprint density at radius 1 is 1.59 bits per heavy atom. The molecule has 1 aliphatic heterocycles. The van der Waals surface area contributed by atoms with Gasteiger partial charge in [0, 0.05) is 26.8 Å². The summed E-state index contributed by atoms with van der Waals surface area (Å²) in [5, 5.41) is 3.21. The first-order valence-electron chi connectivity index (χ1n) is 6.37. The summed E-state index contributed by atoms with van der Waals surface area (Å²) in [6.07, 6.45) is 4.86. The van der Waals surface area contributed by atoms with Crippen LogP contribution in [0.5, 0.6) is 0 Å². The van der Waals surface area contributed by atoms with E-state index >= 15 is 0 Å². The van der Waals surface area contributed by atoms with E-state index in [0.29, 0.717) is 6.17 Å². The second-order valence-corrected chi connectivity index (χ2v) is 4.49. The van der Waals surface area contributed by atoms with Crippen molar-refractivity contribution in [1.29, 1.82) is 0 Å². The maximum atomic E-state index is 4.50. The van der Waals surface area contributed by atoms with Crippen molar-refractivity contribution in [1.82, 2.24) is 9.88 Å². The highest BCUT2D eigenvalue weighted by Crippen LogP contribution is 2.28. The Balaban J connectivity index is 2.21. The molecule has 0 spiro atoms. The van der Waals surface area contributed by atoms with E-state index in [4.69, 9.17) is 0 Å². The van der Waals surface area contributed by atoms with Crippen LogP contribution in [-0.4, -0.2) is 43.2 Å². The molecule has 0 saturated carbocycles. The van der Waals surface area contributed by atoms with Crippen molar-refractivity contribution < 1.29 is 0 Å². The minimum absolute atomic E-state index is 0.488. The van der Waals surface area contributed by atoms with Crippen LogP contribution in [0.4, 0.5) is 11.5 Å². The molecule has 17 heavy (non-hydrogen) atoms. The number of pyridine rings is 1. The summed E-state index contributed by atoms with van der Waals surface area (Å²) in [4.78, 5) is 9.30. The zero-order valence-electron chi connectivity index (χ0n) is 11.0. The van der Waals surface area contributed by atoms with Crippen LogP contribution in [0.2, 0.25) is 0 Å². The smallest absolute Gasteiger partial charge is 0.152 e. The Morgan fingerprint density at radius 3 is 3.12 bits per heavy atom. The molecule has 0 radical (unpaired) electrons. The Kier molecular flexibility index (Phi) is 3.84. The van der Waals surface area contributed by atoms with Crippen LogP contribution < -0.4 is 10.2 Å². The van der Waals surface area contributed by atoms with Crippen LogP contribution >= 0.6 is 0 Å². The maximum absolute atomic E-state index is 4.50. The van der Waals surface area contributed by atoms with Gasteiger partial charge in [-0.1, -0.05) is 6.92 Å². The van der Waals surface area contributed by atoms with Crippen LogP contribution in [0.1, 0.15) is 19.8 Å². The largest absolute Gasteiger partial charge is 0.385 e. The number of aromatic nitrogens is 1. The summed E-state index contributed by atoms with van der Waals surface area (Å²) in [7, 11) is 4.09. The lowest BCUT2D eigenvalue weighted by Gasteiger charge is -2.33. The van der Waals surface area contributed by atoms with Crippen LogP contribution in [-0.2, 0) is 0 Å². The lowest BCUT2D eigenvalue weighted by atomic mass is 10.3. The van der Waals surface area contributed by atoms with E-state index in [9.17, 15) is 0 Å². The number of nitrogens with zero attached hydrogens (tertiary/aromatic N) is 3. The highest BCUT2D eigenvalue weighted by molar-refractivity contribution is 5.65. The van der Waals surface area contributed by atoms with E-state index in [-0.39, 0.29) is 0 Å². The van der Waals surface area contributed by atoms with Crippen molar-refractivity contribution in [2.45, 2.75) is 25.9 Å². The summed E-state index contributed by atoms with van der Waals surface area (Å²) in [6, 6.07) is 4.04. The van der Waals surface area contributed by atoms with E-state index < -0.39 is 0 Å². The number of likely N-dealkylation sites (tertiary alicyclic amines) is 1. The van der Waals surface area contributed by atoms with Crippen molar-refractivity contribution in [2.75, 3.05) is 37.4 Å². The average Bonchev–Trinajstić information content (AvgIpc) is 2.86. The van der Waals surface area contributed by atoms with E-state index in [1.54, 1.807) is 0 Å². The standard InChI is InChI=1S/C13H22N4/c1-4-17-10-6-8-12(17)16(3)13-11(14-2)7-5-9-15-13/h5,7,9,12,14H,4,6,8,10H2,1-3H3. The van der Waals surface area contributed by atoms with Crippen LogP contribution in [0, 0.1) is 0 Å². The van der Waals surface area contributed by atoms with Gasteiger partial charge in [-0.15, -0.1) is 0 Å². The van der Waals surface area contributed by atoms with Gasteiger partial charge in [-0.25, -0.2) is 4.98 Å². The van der Waals surface area contributed by atoms with Gasteiger partial charge in [-0.05, 0) is 31.5 Å². The van der Waals surface area contributed by atoms with Crippen molar-refractivity contribution in [3.8, 4) is 0 Å².